The molecule has 3 aromatic rings. The second-order valence-electron chi connectivity index (χ2n) is 4.50. The highest BCUT2D eigenvalue weighted by Gasteiger charge is 2.15. The van der Waals surface area contributed by atoms with Crippen LogP contribution in [0.4, 0.5) is 20.2 Å². The number of hydrogen-bond acceptors (Lipinski definition) is 3. The maximum Gasteiger partial charge on any atom is 0.150 e. The van der Waals surface area contributed by atoms with E-state index in [2.05, 4.69) is 10.3 Å². The molecule has 0 spiro atoms. The minimum Gasteiger partial charge on any atom is -0.462 e. The van der Waals surface area contributed by atoms with Crippen LogP contribution in [0.15, 0.2) is 35.1 Å². The Labute approximate surface area is 133 Å². The Balaban J connectivity index is 2.11. The van der Waals surface area contributed by atoms with E-state index in [1.54, 1.807) is 12.3 Å². The second kappa shape index (κ2) is 5.59. The second-order valence-corrected chi connectivity index (χ2v) is 5.75. The summed E-state index contributed by atoms with van der Waals surface area (Å²) in [5, 5.41) is 3.53. The van der Waals surface area contributed by atoms with Crippen molar-refractivity contribution in [2.24, 2.45) is 0 Å². The average molecular weight is 400 g/mol. The fourth-order valence-electron chi connectivity index (χ4n) is 2.21. The molecule has 0 aliphatic rings. The summed E-state index contributed by atoms with van der Waals surface area (Å²) < 4.78 is 33.8. The molecule has 0 saturated carbocycles. The number of fused-ring (bicyclic) bond motifs is 1. The largest absolute Gasteiger partial charge is 0.462 e. The fraction of sp³-hybridized carbons (Fsp3) is 0.133. The molecule has 0 saturated heterocycles. The minimum absolute atomic E-state index is 0.191. The molecule has 3 rings (SSSR count). The van der Waals surface area contributed by atoms with Gasteiger partial charge >= 0.3 is 0 Å². The average Bonchev–Trinajstić information content (AvgIpc) is 2.86. The first-order valence-corrected chi connectivity index (χ1v) is 7.44. The fourth-order valence-corrected chi connectivity index (χ4v) is 2.76. The van der Waals surface area contributed by atoms with Crippen molar-refractivity contribution in [3.63, 3.8) is 0 Å². The molecular weight excluding hydrogens is 389 g/mol. The third-order valence-electron chi connectivity index (χ3n) is 3.17. The monoisotopic (exact) mass is 400 g/mol. The Bertz CT molecular complexity index is 794. The van der Waals surface area contributed by atoms with Crippen molar-refractivity contribution in [3.8, 4) is 0 Å². The highest BCUT2D eigenvalue weighted by atomic mass is 127. The van der Waals surface area contributed by atoms with E-state index in [1.807, 2.05) is 29.5 Å². The molecule has 2 heterocycles. The molecule has 6 heteroatoms. The number of furan rings is 1. The van der Waals surface area contributed by atoms with Gasteiger partial charge in [-0.15, -0.1) is 0 Å². The lowest BCUT2D eigenvalue weighted by Gasteiger charge is -2.08. The lowest BCUT2D eigenvalue weighted by molar-refractivity contribution is 0.588. The van der Waals surface area contributed by atoms with Gasteiger partial charge in [0.1, 0.15) is 17.5 Å². The van der Waals surface area contributed by atoms with Crippen LogP contribution in [0.2, 0.25) is 0 Å². The molecule has 0 atom stereocenters. The number of aryl methyl sites for hydroxylation is 1. The molecule has 2 aromatic heterocycles. The number of rotatable bonds is 3. The lowest BCUT2D eigenvalue weighted by atomic mass is 10.1. The van der Waals surface area contributed by atoms with Gasteiger partial charge in [0.15, 0.2) is 11.6 Å². The predicted octanol–water partition coefficient (Wildman–Crippen LogP) is 5.02. The molecule has 3 nitrogen and oxygen atoms in total. The first kappa shape index (κ1) is 14.2. The number of benzene rings is 1. The number of aromatic nitrogens is 1. The number of halogens is 3. The van der Waals surface area contributed by atoms with Gasteiger partial charge in [-0.3, -0.25) is 4.98 Å². The van der Waals surface area contributed by atoms with Crippen LogP contribution in [0, 0.1) is 15.2 Å². The van der Waals surface area contributed by atoms with E-state index in [9.17, 15) is 8.78 Å². The topological polar surface area (TPSA) is 38.1 Å². The van der Waals surface area contributed by atoms with Gasteiger partial charge in [-0.05, 0) is 47.2 Å². The number of pyridine rings is 1. The van der Waals surface area contributed by atoms with E-state index in [-0.39, 0.29) is 5.69 Å². The standard InChI is InChI=1S/C15H11F2IN2O/c1-2-11-14-12(7-21-13(14)3-4-19-11)20-15-9(16)5-8(18)6-10(15)17/h3-7,20H,2H2,1H3. The van der Waals surface area contributed by atoms with Gasteiger partial charge in [-0.2, -0.15) is 0 Å². The molecule has 0 amide bonds. The van der Waals surface area contributed by atoms with Crippen molar-refractivity contribution >= 4 is 44.9 Å². The first-order chi connectivity index (χ1) is 10.1. The predicted molar refractivity (Wildman–Crippen MR) is 85.7 cm³/mol. The molecule has 1 N–H and O–H groups in total. The van der Waals surface area contributed by atoms with E-state index in [0.717, 1.165) is 11.1 Å². The molecule has 0 unspecified atom stereocenters. The maximum absolute atomic E-state index is 13.9. The smallest absolute Gasteiger partial charge is 0.150 e. The van der Waals surface area contributed by atoms with Crippen LogP contribution in [0.5, 0.6) is 0 Å². The third-order valence-corrected chi connectivity index (χ3v) is 3.79. The van der Waals surface area contributed by atoms with Crippen LogP contribution in [-0.4, -0.2) is 4.98 Å². The van der Waals surface area contributed by atoms with Crippen LogP contribution < -0.4 is 5.32 Å². The normalized spacial score (nSPS) is 11.0. The summed E-state index contributed by atoms with van der Waals surface area (Å²) >= 11 is 1.87. The first-order valence-electron chi connectivity index (χ1n) is 6.36. The number of nitrogens with zero attached hydrogens (tertiary/aromatic N) is 1. The SMILES string of the molecule is CCc1nccc2occ(Nc3c(F)cc(I)cc3F)c12. The summed E-state index contributed by atoms with van der Waals surface area (Å²) in [5.74, 6) is -1.29. The molecule has 0 bridgehead atoms. The Morgan fingerprint density at radius 2 is 2.00 bits per heavy atom. The molecule has 1 aromatic carbocycles. The molecule has 21 heavy (non-hydrogen) atoms. The van der Waals surface area contributed by atoms with Crippen LogP contribution in [0.3, 0.4) is 0 Å². The third kappa shape index (κ3) is 2.59. The van der Waals surface area contributed by atoms with Crippen LogP contribution >= 0.6 is 22.6 Å². The quantitative estimate of drug-likeness (QED) is 0.628. The Morgan fingerprint density at radius 1 is 1.29 bits per heavy atom. The maximum atomic E-state index is 13.9. The van der Waals surface area contributed by atoms with E-state index in [1.165, 1.54) is 18.4 Å². The van der Waals surface area contributed by atoms with E-state index in [0.29, 0.717) is 21.3 Å². The molecule has 108 valence electrons. The van der Waals surface area contributed by atoms with Gasteiger partial charge in [0.05, 0.1) is 16.8 Å². The van der Waals surface area contributed by atoms with Crippen molar-refractivity contribution in [3.05, 3.63) is 51.6 Å². The van der Waals surface area contributed by atoms with Crippen LogP contribution in [0.1, 0.15) is 12.6 Å². The van der Waals surface area contributed by atoms with Gasteiger partial charge in [-0.25, -0.2) is 8.78 Å². The van der Waals surface area contributed by atoms with E-state index < -0.39 is 11.6 Å². The summed E-state index contributed by atoms with van der Waals surface area (Å²) in [6, 6.07) is 4.26. The van der Waals surface area contributed by atoms with Crippen molar-refractivity contribution in [2.75, 3.05) is 5.32 Å². The Hall–Kier alpha value is -1.70. The minimum atomic E-state index is -0.643. The number of anilines is 2. The van der Waals surface area contributed by atoms with Crippen LogP contribution in [-0.2, 0) is 6.42 Å². The van der Waals surface area contributed by atoms with E-state index in [4.69, 9.17) is 4.42 Å². The highest BCUT2D eigenvalue weighted by Crippen LogP contribution is 2.33. The highest BCUT2D eigenvalue weighted by molar-refractivity contribution is 14.1. The summed E-state index contributed by atoms with van der Waals surface area (Å²) in [5.41, 5.74) is 1.77. The number of nitrogens with one attached hydrogen (secondary N) is 1. The molecule has 0 aliphatic heterocycles. The lowest BCUT2D eigenvalue weighted by Crippen LogP contribution is -1.99. The van der Waals surface area contributed by atoms with Crippen molar-refractivity contribution in [2.45, 2.75) is 13.3 Å². The Kier molecular flexibility index (Phi) is 3.79. The van der Waals surface area contributed by atoms with Crippen molar-refractivity contribution in [1.82, 2.24) is 4.98 Å². The van der Waals surface area contributed by atoms with Gasteiger partial charge in [0.2, 0.25) is 0 Å². The van der Waals surface area contributed by atoms with Crippen molar-refractivity contribution < 1.29 is 13.2 Å². The number of hydrogen-bond donors (Lipinski definition) is 1. The summed E-state index contributed by atoms with van der Waals surface area (Å²) in [6.45, 7) is 1.96. The molecular formula is C15H11F2IN2O. The zero-order chi connectivity index (χ0) is 15.0. The summed E-state index contributed by atoms with van der Waals surface area (Å²) in [4.78, 5) is 4.27. The van der Waals surface area contributed by atoms with Gasteiger partial charge in [-0.1, -0.05) is 6.92 Å². The van der Waals surface area contributed by atoms with Gasteiger partial charge in [0, 0.05) is 9.77 Å². The molecule has 0 aliphatic carbocycles. The Morgan fingerprint density at radius 3 is 2.67 bits per heavy atom. The van der Waals surface area contributed by atoms with Gasteiger partial charge < -0.3 is 9.73 Å². The summed E-state index contributed by atoms with van der Waals surface area (Å²) in [7, 11) is 0. The molecule has 0 fully saturated rings. The summed E-state index contributed by atoms with van der Waals surface area (Å²) in [6.07, 6.45) is 3.80. The zero-order valence-corrected chi connectivity index (χ0v) is 13.2. The van der Waals surface area contributed by atoms with Gasteiger partial charge in [0.25, 0.3) is 0 Å². The zero-order valence-electron chi connectivity index (χ0n) is 11.1. The van der Waals surface area contributed by atoms with E-state index >= 15 is 0 Å². The van der Waals surface area contributed by atoms with Crippen LogP contribution in [0.25, 0.3) is 11.0 Å². The van der Waals surface area contributed by atoms with Crippen molar-refractivity contribution in [1.29, 1.82) is 0 Å². The molecule has 0 radical (unpaired) electrons.